The number of para-hydroxylation sites is 2. The molecule has 2 N–H and O–H groups in total. The number of nitrogens with one attached hydrogen (secondary N) is 2. The lowest BCUT2D eigenvalue weighted by Crippen LogP contribution is -2.36. The Morgan fingerprint density at radius 1 is 1.17 bits per heavy atom. The number of carbonyl (C=O) groups excluding carboxylic acids is 2. The van der Waals surface area contributed by atoms with Crippen molar-refractivity contribution in [3.8, 4) is 5.75 Å². The van der Waals surface area contributed by atoms with Gasteiger partial charge >= 0.3 is 11.8 Å². The average molecular weight is 328 g/mol. The van der Waals surface area contributed by atoms with Crippen LogP contribution in [-0.2, 0) is 9.59 Å². The van der Waals surface area contributed by atoms with Crippen molar-refractivity contribution in [2.24, 2.45) is 5.92 Å². The van der Waals surface area contributed by atoms with Crippen LogP contribution >= 0.6 is 0 Å². The number of benzene rings is 1. The number of hydrogen-bond donors (Lipinski definition) is 2. The number of rotatable bonds is 5. The molecule has 1 unspecified atom stereocenters. The Hall–Kier alpha value is -2.56. The fourth-order valence-electron chi connectivity index (χ4n) is 2.56. The minimum atomic E-state index is -0.711. The summed E-state index contributed by atoms with van der Waals surface area (Å²) in [5.41, 5.74) is 2.27. The molecule has 24 heavy (non-hydrogen) atoms. The largest absolute Gasteiger partial charge is 0.492 e. The van der Waals surface area contributed by atoms with Crippen LogP contribution in [0.25, 0.3) is 0 Å². The smallest absolute Gasteiger partial charge is 0.314 e. The molecule has 0 heterocycles. The quantitative estimate of drug-likeness (QED) is 0.814. The van der Waals surface area contributed by atoms with Crippen LogP contribution in [-0.4, -0.2) is 18.4 Å². The maximum Gasteiger partial charge on any atom is 0.314 e. The van der Waals surface area contributed by atoms with Gasteiger partial charge in [-0.15, -0.1) is 0 Å². The standard InChI is InChI=1S/C19H24N2O3/c1-4-14-11-10-13(3)12-16(14)21-19(23)18(22)20-15-8-6-7-9-17(15)24-5-2/h6-9,11-13H,4-5,10H2,1-3H3,(H,20,22)(H,21,23). The van der Waals surface area contributed by atoms with Gasteiger partial charge in [-0.2, -0.15) is 0 Å². The third kappa shape index (κ3) is 4.47. The van der Waals surface area contributed by atoms with Gasteiger partial charge in [0.05, 0.1) is 12.3 Å². The van der Waals surface area contributed by atoms with Gasteiger partial charge in [-0.3, -0.25) is 9.59 Å². The van der Waals surface area contributed by atoms with E-state index in [1.807, 2.05) is 26.0 Å². The molecule has 0 bridgehead atoms. The van der Waals surface area contributed by atoms with Crippen molar-refractivity contribution in [2.75, 3.05) is 11.9 Å². The fourth-order valence-corrected chi connectivity index (χ4v) is 2.56. The van der Waals surface area contributed by atoms with Crippen LogP contribution in [0.1, 0.15) is 33.6 Å². The summed E-state index contributed by atoms with van der Waals surface area (Å²) >= 11 is 0. The first-order valence-electron chi connectivity index (χ1n) is 8.30. The fraction of sp³-hybridized carbons (Fsp3) is 0.368. The molecule has 5 heteroatoms. The molecule has 1 atom stereocenters. The number of ether oxygens (including phenoxy) is 1. The topological polar surface area (TPSA) is 67.4 Å². The molecule has 1 aliphatic rings. The first-order chi connectivity index (χ1) is 11.5. The molecular weight excluding hydrogens is 304 g/mol. The Morgan fingerprint density at radius 3 is 2.58 bits per heavy atom. The zero-order valence-electron chi connectivity index (χ0n) is 14.4. The van der Waals surface area contributed by atoms with Crippen LogP contribution in [0.2, 0.25) is 0 Å². The van der Waals surface area contributed by atoms with Gasteiger partial charge in [0.25, 0.3) is 0 Å². The van der Waals surface area contributed by atoms with Crippen LogP contribution in [0.15, 0.2) is 47.7 Å². The van der Waals surface area contributed by atoms with E-state index in [1.165, 1.54) is 0 Å². The summed E-state index contributed by atoms with van der Waals surface area (Å²) < 4.78 is 5.45. The van der Waals surface area contributed by atoms with E-state index < -0.39 is 11.8 Å². The third-order valence-corrected chi connectivity index (χ3v) is 3.80. The van der Waals surface area contributed by atoms with E-state index in [0.29, 0.717) is 24.0 Å². The maximum absolute atomic E-state index is 12.2. The predicted molar refractivity (Wildman–Crippen MR) is 94.6 cm³/mol. The van der Waals surface area contributed by atoms with Crippen LogP contribution < -0.4 is 15.4 Å². The van der Waals surface area contributed by atoms with Gasteiger partial charge in [-0.05, 0) is 43.4 Å². The molecule has 0 aromatic heterocycles. The number of anilines is 1. The normalized spacial score (nSPS) is 16.7. The van der Waals surface area contributed by atoms with Crippen molar-refractivity contribution >= 4 is 17.5 Å². The number of allylic oxidation sites excluding steroid dienone is 3. The average Bonchev–Trinajstić information content (AvgIpc) is 2.57. The van der Waals surface area contributed by atoms with Crippen molar-refractivity contribution < 1.29 is 14.3 Å². The second-order valence-electron chi connectivity index (χ2n) is 5.71. The molecule has 5 nitrogen and oxygen atoms in total. The van der Waals surface area contributed by atoms with Gasteiger partial charge in [0.1, 0.15) is 5.75 Å². The van der Waals surface area contributed by atoms with Crippen LogP contribution in [0.4, 0.5) is 5.69 Å². The van der Waals surface area contributed by atoms with Gasteiger partial charge < -0.3 is 15.4 Å². The lowest BCUT2D eigenvalue weighted by molar-refractivity contribution is -0.135. The summed E-state index contributed by atoms with van der Waals surface area (Å²) in [6.07, 6.45) is 5.88. The van der Waals surface area contributed by atoms with E-state index in [0.717, 1.165) is 24.1 Å². The Labute approximate surface area is 142 Å². The van der Waals surface area contributed by atoms with Gasteiger partial charge in [-0.25, -0.2) is 0 Å². The minimum Gasteiger partial charge on any atom is -0.492 e. The molecule has 0 aliphatic heterocycles. The highest BCUT2D eigenvalue weighted by atomic mass is 16.5. The number of hydrogen-bond acceptors (Lipinski definition) is 3. The molecule has 2 rings (SSSR count). The van der Waals surface area contributed by atoms with Crippen molar-refractivity contribution in [3.05, 3.63) is 47.7 Å². The lowest BCUT2D eigenvalue weighted by Gasteiger charge is -2.19. The molecule has 128 valence electrons. The SMILES string of the molecule is CCOc1ccccc1NC(=O)C(=O)NC1=CC(C)CC=C1CC. The summed E-state index contributed by atoms with van der Waals surface area (Å²) in [6, 6.07) is 7.04. The molecule has 0 fully saturated rings. The second kappa shape index (κ2) is 8.34. The molecule has 0 saturated heterocycles. The van der Waals surface area contributed by atoms with Crippen molar-refractivity contribution in [1.82, 2.24) is 5.32 Å². The molecule has 2 amide bonds. The first kappa shape index (κ1) is 17.8. The zero-order chi connectivity index (χ0) is 17.5. The van der Waals surface area contributed by atoms with E-state index in [2.05, 4.69) is 23.6 Å². The summed E-state index contributed by atoms with van der Waals surface area (Å²) in [5, 5.41) is 5.33. The first-order valence-corrected chi connectivity index (χ1v) is 8.30. The van der Waals surface area contributed by atoms with Crippen LogP contribution in [0.5, 0.6) is 5.75 Å². The van der Waals surface area contributed by atoms with Gasteiger partial charge in [0, 0.05) is 5.70 Å². The number of amides is 2. The zero-order valence-corrected chi connectivity index (χ0v) is 14.4. The summed E-state index contributed by atoms with van der Waals surface area (Å²) in [7, 11) is 0. The molecule has 0 spiro atoms. The third-order valence-electron chi connectivity index (χ3n) is 3.80. The highest BCUT2D eigenvalue weighted by Gasteiger charge is 2.20. The summed E-state index contributed by atoms with van der Waals surface area (Å²) in [5.74, 6) is -0.504. The van der Waals surface area contributed by atoms with E-state index in [4.69, 9.17) is 4.74 Å². The molecule has 1 aromatic carbocycles. The van der Waals surface area contributed by atoms with Crippen LogP contribution in [0.3, 0.4) is 0 Å². The van der Waals surface area contributed by atoms with E-state index in [-0.39, 0.29) is 0 Å². The maximum atomic E-state index is 12.2. The molecule has 1 aliphatic carbocycles. The Morgan fingerprint density at radius 2 is 1.88 bits per heavy atom. The Kier molecular flexibility index (Phi) is 6.18. The van der Waals surface area contributed by atoms with E-state index in [1.54, 1.807) is 18.2 Å². The van der Waals surface area contributed by atoms with Crippen molar-refractivity contribution in [3.63, 3.8) is 0 Å². The van der Waals surface area contributed by atoms with Crippen molar-refractivity contribution in [1.29, 1.82) is 0 Å². The predicted octanol–water partition coefficient (Wildman–Crippen LogP) is 3.40. The molecule has 0 radical (unpaired) electrons. The lowest BCUT2D eigenvalue weighted by atomic mass is 9.94. The monoisotopic (exact) mass is 328 g/mol. The van der Waals surface area contributed by atoms with Crippen LogP contribution in [0, 0.1) is 5.92 Å². The highest BCUT2D eigenvalue weighted by molar-refractivity contribution is 6.40. The van der Waals surface area contributed by atoms with E-state index >= 15 is 0 Å². The molecular formula is C19H24N2O3. The Balaban J connectivity index is 2.05. The molecule has 1 aromatic rings. The molecule has 0 saturated carbocycles. The van der Waals surface area contributed by atoms with E-state index in [9.17, 15) is 9.59 Å². The Bertz CT molecular complexity index is 677. The van der Waals surface area contributed by atoms with Crippen molar-refractivity contribution in [2.45, 2.75) is 33.6 Å². The van der Waals surface area contributed by atoms with Gasteiger partial charge in [0.15, 0.2) is 0 Å². The highest BCUT2D eigenvalue weighted by Crippen LogP contribution is 2.24. The summed E-state index contributed by atoms with van der Waals surface area (Å²) in [6.45, 7) is 6.45. The van der Waals surface area contributed by atoms with Gasteiger partial charge in [-0.1, -0.05) is 38.1 Å². The minimum absolute atomic E-state index is 0.345. The number of carbonyl (C=O) groups is 2. The van der Waals surface area contributed by atoms with Gasteiger partial charge in [0.2, 0.25) is 0 Å². The summed E-state index contributed by atoms with van der Waals surface area (Å²) in [4.78, 5) is 24.4. The second-order valence-corrected chi connectivity index (χ2v) is 5.71.